The summed E-state index contributed by atoms with van der Waals surface area (Å²) in [5.41, 5.74) is 13.2. The fourth-order valence-corrected chi connectivity index (χ4v) is 2.90. The molecule has 0 radical (unpaired) electrons. The average Bonchev–Trinajstić information content (AvgIpc) is 2.93. The number of primary amides is 2. The summed E-state index contributed by atoms with van der Waals surface area (Å²) >= 11 is 0. The Kier molecular flexibility index (Phi) is 5.77. The maximum atomic E-state index is 12.0. The standard InChI is InChI=1S/C16H24N4O2/c17-13-10-12(5-6-14(13)19-8-7-15(18)21)20-16(22)9-11-3-1-2-4-11/h5-6,10-11,19H,1-4,7-9,17H2,(H2,18,21)(H,20,22)/p+1. The molecule has 6 heteroatoms. The van der Waals surface area contributed by atoms with Gasteiger partial charge < -0.3 is 16.8 Å². The van der Waals surface area contributed by atoms with Gasteiger partial charge in [0.25, 0.3) is 0 Å². The van der Waals surface area contributed by atoms with E-state index in [0.717, 1.165) is 11.4 Å². The number of quaternary nitrogens is 1. The van der Waals surface area contributed by atoms with Gasteiger partial charge in [-0.05, 0) is 24.8 Å². The lowest BCUT2D eigenvalue weighted by Gasteiger charge is -2.10. The molecule has 0 aliphatic heterocycles. The summed E-state index contributed by atoms with van der Waals surface area (Å²) in [6.45, 7) is 0.448. The molecule has 0 atom stereocenters. The Morgan fingerprint density at radius 2 is 2.00 bits per heavy atom. The summed E-state index contributed by atoms with van der Waals surface area (Å²) in [4.78, 5) is 22.7. The molecule has 0 saturated heterocycles. The molecule has 1 aromatic carbocycles. The fourth-order valence-electron chi connectivity index (χ4n) is 2.90. The molecule has 120 valence electrons. The van der Waals surface area contributed by atoms with E-state index in [9.17, 15) is 9.59 Å². The normalized spacial score (nSPS) is 14.9. The Hall–Kier alpha value is -2.08. The third kappa shape index (κ3) is 5.04. The van der Waals surface area contributed by atoms with Crippen LogP contribution in [0.2, 0.25) is 0 Å². The predicted octanol–water partition coefficient (Wildman–Crippen LogP) is 0.858. The first kappa shape index (κ1) is 16.3. The molecule has 0 aromatic heterocycles. The third-order valence-electron chi connectivity index (χ3n) is 4.05. The van der Waals surface area contributed by atoms with Crippen molar-refractivity contribution in [2.45, 2.75) is 38.5 Å². The van der Waals surface area contributed by atoms with Gasteiger partial charge in [-0.1, -0.05) is 12.8 Å². The molecule has 1 saturated carbocycles. The second kappa shape index (κ2) is 7.79. The SMILES string of the molecule is NC(=O)CCNc1ccc([NH2+]C(=O)CC2CCCC2)cc1N. The van der Waals surface area contributed by atoms with Crippen molar-refractivity contribution >= 4 is 28.9 Å². The van der Waals surface area contributed by atoms with Crippen molar-refractivity contribution in [3.05, 3.63) is 18.2 Å². The number of hydrogen-bond donors (Lipinski definition) is 4. The van der Waals surface area contributed by atoms with E-state index in [1.807, 2.05) is 12.1 Å². The van der Waals surface area contributed by atoms with Crippen LogP contribution in [0.1, 0.15) is 38.5 Å². The van der Waals surface area contributed by atoms with Crippen LogP contribution in [-0.2, 0) is 9.59 Å². The summed E-state index contributed by atoms with van der Waals surface area (Å²) in [5.74, 6) is 0.366. The molecule has 1 aromatic rings. The number of carbonyl (C=O) groups excluding carboxylic acids is 2. The molecule has 0 unspecified atom stereocenters. The lowest BCUT2D eigenvalue weighted by molar-refractivity contribution is -0.484. The number of benzene rings is 1. The maximum absolute atomic E-state index is 12.0. The van der Waals surface area contributed by atoms with Gasteiger partial charge in [0, 0.05) is 25.1 Å². The Balaban J connectivity index is 1.85. The molecule has 22 heavy (non-hydrogen) atoms. The van der Waals surface area contributed by atoms with Gasteiger partial charge in [0.15, 0.2) is 0 Å². The fraction of sp³-hybridized carbons (Fsp3) is 0.500. The van der Waals surface area contributed by atoms with Crippen molar-refractivity contribution in [2.24, 2.45) is 11.7 Å². The smallest absolute Gasteiger partial charge is 0.315 e. The summed E-state index contributed by atoms with van der Waals surface area (Å²) in [6.07, 6.45) is 5.73. The van der Waals surface area contributed by atoms with Gasteiger partial charge in [-0.2, -0.15) is 0 Å². The van der Waals surface area contributed by atoms with Gasteiger partial charge in [-0.3, -0.25) is 10.1 Å². The highest BCUT2D eigenvalue weighted by atomic mass is 16.1. The molecule has 6 nitrogen and oxygen atoms in total. The van der Waals surface area contributed by atoms with Gasteiger partial charge in [0.1, 0.15) is 5.69 Å². The van der Waals surface area contributed by atoms with Crippen LogP contribution in [0.4, 0.5) is 17.1 Å². The van der Waals surface area contributed by atoms with Gasteiger partial charge in [0.05, 0.1) is 17.8 Å². The van der Waals surface area contributed by atoms with Crippen molar-refractivity contribution in [1.29, 1.82) is 0 Å². The van der Waals surface area contributed by atoms with E-state index in [4.69, 9.17) is 11.5 Å². The van der Waals surface area contributed by atoms with Crippen LogP contribution < -0.4 is 22.1 Å². The van der Waals surface area contributed by atoms with Crippen LogP contribution >= 0.6 is 0 Å². The lowest BCUT2D eigenvalue weighted by atomic mass is 10.0. The molecule has 2 amide bonds. The largest absolute Gasteiger partial charge is 0.397 e. The van der Waals surface area contributed by atoms with Gasteiger partial charge in [-0.15, -0.1) is 0 Å². The highest BCUT2D eigenvalue weighted by Gasteiger charge is 2.21. The summed E-state index contributed by atoms with van der Waals surface area (Å²) in [6, 6.07) is 5.46. The summed E-state index contributed by atoms with van der Waals surface area (Å²) in [5, 5.41) is 4.73. The van der Waals surface area contributed by atoms with Crippen LogP contribution in [0.3, 0.4) is 0 Å². The van der Waals surface area contributed by atoms with E-state index < -0.39 is 0 Å². The Bertz CT molecular complexity index is 539. The van der Waals surface area contributed by atoms with E-state index in [0.29, 0.717) is 24.6 Å². The highest BCUT2D eigenvalue weighted by molar-refractivity contribution is 5.75. The monoisotopic (exact) mass is 305 g/mol. The minimum absolute atomic E-state index is 0.167. The lowest BCUT2D eigenvalue weighted by Crippen LogP contribution is -2.82. The Morgan fingerprint density at radius 1 is 1.27 bits per heavy atom. The van der Waals surface area contributed by atoms with Crippen molar-refractivity contribution in [3.8, 4) is 0 Å². The predicted molar refractivity (Wildman–Crippen MR) is 86.3 cm³/mol. The van der Waals surface area contributed by atoms with Crippen LogP contribution in [-0.4, -0.2) is 18.4 Å². The quantitative estimate of drug-likeness (QED) is 0.559. The van der Waals surface area contributed by atoms with Gasteiger partial charge >= 0.3 is 5.91 Å². The van der Waals surface area contributed by atoms with Crippen molar-refractivity contribution < 1.29 is 14.9 Å². The first-order chi connectivity index (χ1) is 10.5. The van der Waals surface area contributed by atoms with Crippen LogP contribution in [0.25, 0.3) is 0 Å². The Morgan fingerprint density at radius 3 is 2.64 bits per heavy atom. The summed E-state index contributed by atoms with van der Waals surface area (Å²) in [7, 11) is 0. The van der Waals surface area contributed by atoms with E-state index in [-0.39, 0.29) is 18.2 Å². The van der Waals surface area contributed by atoms with Gasteiger partial charge in [0.2, 0.25) is 5.91 Å². The van der Waals surface area contributed by atoms with Crippen molar-refractivity contribution in [2.75, 3.05) is 17.6 Å². The van der Waals surface area contributed by atoms with E-state index in [1.165, 1.54) is 25.7 Å². The molecule has 7 N–H and O–H groups in total. The highest BCUT2D eigenvalue weighted by Crippen LogP contribution is 2.27. The van der Waals surface area contributed by atoms with Crippen LogP contribution in [0.5, 0.6) is 0 Å². The number of nitrogens with two attached hydrogens (primary N) is 3. The molecule has 0 spiro atoms. The van der Waals surface area contributed by atoms with Gasteiger partial charge in [-0.25, -0.2) is 4.79 Å². The zero-order valence-corrected chi connectivity index (χ0v) is 12.8. The number of rotatable bonds is 7. The zero-order chi connectivity index (χ0) is 15.9. The number of nitrogens with one attached hydrogen (secondary N) is 1. The number of carbonyl (C=O) groups is 2. The Labute approximate surface area is 130 Å². The molecule has 2 rings (SSSR count). The second-order valence-corrected chi connectivity index (χ2v) is 5.96. The molecule has 1 aliphatic carbocycles. The molecule has 0 heterocycles. The first-order valence-corrected chi connectivity index (χ1v) is 7.84. The minimum Gasteiger partial charge on any atom is -0.397 e. The van der Waals surface area contributed by atoms with Crippen molar-refractivity contribution in [3.63, 3.8) is 0 Å². The zero-order valence-electron chi connectivity index (χ0n) is 12.8. The van der Waals surface area contributed by atoms with E-state index >= 15 is 0 Å². The summed E-state index contributed by atoms with van der Waals surface area (Å²) < 4.78 is 0. The van der Waals surface area contributed by atoms with E-state index in [1.54, 1.807) is 11.4 Å². The molecule has 1 fully saturated rings. The number of anilines is 2. The van der Waals surface area contributed by atoms with Crippen LogP contribution in [0.15, 0.2) is 18.2 Å². The molecule has 1 aliphatic rings. The van der Waals surface area contributed by atoms with Crippen molar-refractivity contribution in [1.82, 2.24) is 0 Å². The van der Waals surface area contributed by atoms with E-state index in [2.05, 4.69) is 5.32 Å². The second-order valence-electron chi connectivity index (χ2n) is 5.96. The number of amides is 2. The average molecular weight is 305 g/mol. The number of nitrogen functional groups attached to an aromatic ring is 1. The minimum atomic E-state index is -0.353. The van der Waals surface area contributed by atoms with Crippen LogP contribution in [0, 0.1) is 5.92 Å². The third-order valence-corrected chi connectivity index (χ3v) is 4.05. The molecular formula is C16H25N4O2+. The molecule has 0 bridgehead atoms. The first-order valence-electron chi connectivity index (χ1n) is 7.84. The number of hydrogen-bond acceptors (Lipinski definition) is 4. The maximum Gasteiger partial charge on any atom is 0.315 e. The topological polar surface area (TPSA) is 115 Å². The molecular weight excluding hydrogens is 280 g/mol.